The molecule has 1 aromatic rings. The molecule has 102 valence electrons. The summed E-state index contributed by atoms with van der Waals surface area (Å²) < 4.78 is 0. The molecule has 4 nitrogen and oxygen atoms in total. The van der Waals surface area contributed by atoms with Crippen LogP contribution in [-0.2, 0) is 0 Å². The van der Waals surface area contributed by atoms with Gasteiger partial charge in [-0.05, 0) is 62.0 Å². The van der Waals surface area contributed by atoms with Crippen LogP contribution in [0.25, 0.3) is 0 Å². The smallest absolute Gasteiger partial charge is 0.271 e. The lowest BCUT2D eigenvalue weighted by molar-refractivity contribution is -0.384. The third kappa shape index (κ3) is 3.06. The Morgan fingerprint density at radius 1 is 1.26 bits per heavy atom. The second kappa shape index (κ2) is 4.83. The molecule has 0 heterocycles. The van der Waals surface area contributed by atoms with Crippen LogP contribution < -0.4 is 5.32 Å². The number of benzene rings is 1. The average molecular weight is 260 g/mol. The lowest BCUT2D eigenvalue weighted by atomic mass is 9.98. The number of nitrogens with one attached hydrogen (secondary N) is 1. The topological polar surface area (TPSA) is 55.2 Å². The van der Waals surface area contributed by atoms with Gasteiger partial charge in [0.25, 0.3) is 5.69 Å². The predicted molar refractivity (Wildman–Crippen MR) is 75.3 cm³/mol. The summed E-state index contributed by atoms with van der Waals surface area (Å²) in [5, 5.41) is 14.3. The molecule has 3 rings (SSSR count). The maximum Gasteiger partial charge on any atom is 0.271 e. The van der Waals surface area contributed by atoms with Crippen molar-refractivity contribution < 1.29 is 4.92 Å². The number of nitrogens with zero attached hydrogens (tertiary/aromatic N) is 1. The van der Waals surface area contributed by atoms with Crippen LogP contribution in [0.1, 0.15) is 31.2 Å². The lowest BCUT2D eigenvalue weighted by Crippen LogP contribution is -2.18. The Balaban J connectivity index is 1.66. The number of anilines is 1. The highest BCUT2D eigenvalue weighted by atomic mass is 16.6. The summed E-state index contributed by atoms with van der Waals surface area (Å²) in [6.07, 6.45) is 5.49. The van der Waals surface area contributed by atoms with Crippen LogP contribution >= 0.6 is 0 Å². The normalized spacial score (nSPS) is 18.6. The summed E-state index contributed by atoms with van der Waals surface area (Å²) in [7, 11) is 0. The molecule has 0 bridgehead atoms. The van der Waals surface area contributed by atoms with Gasteiger partial charge in [0.05, 0.1) is 4.92 Å². The zero-order valence-corrected chi connectivity index (χ0v) is 11.3. The zero-order valence-electron chi connectivity index (χ0n) is 11.3. The van der Waals surface area contributed by atoms with Crippen LogP contribution in [0.2, 0.25) is 0 Å². The third-order valence-corrected chi connectivity index (χ3v) is 4.27. The zero-order chi connectivity index (χ0) is 13.4. The molecule has 0 unspecified atom stereocenters. The van der Waals surface area contributed by atoms with Crippen molar-refractivity contribution in [2.24, 2.45) is 17.8 Å². The molecule has 0 aliphatic heterocycles. The summed E-state index contributed by atoms with van der Waals surface area (Å²) in [4.78, 5) is 10.5. The van der Waals surface area contributed by atoms with E-state index >= 15 is 0 Å². The van der Waals surface area contributed by atoms with Crippen LogP contribution in [0.3, 0.4) is 0 Å². The number of non-ortho nitro benzene ring substituents is 1. The average Bonchev–Trinajstić information content (AvgIpc) is 3.23. The van der Waals surface area contributed by atoms with E-state index < -0.39 is 0 Å². The molecule has 0 amide bonds. The molecule has 2 saturated carbocycles. The van der Waals surface area contributed by atoms with E-state index in [1.54, 1.807) is 12.1 Å². The Labute approximate surface area is 113 Å². The van der Waals surface area contributed by atoms with Crippen molar-refractivity contribution in [2.75, 3.05) is 11.9 Å². The van der Waals surface area contributed by atoms with E-state index in [1.165, 1.54) is 25.7 Å². The first kappa shape index (κ1) is 12.5. The van der Waals surface area contributed by atoms with Gasteiger partial charge in [0.2, 0.25) is 0 Å². The van der Waals surface area contributed by atoms with E-state index in [0.29, 0.717) is 0 Å². The molecule has 2 aliphatic rings. The second-order valence-corrected chi connectivity index (χ2v) is 6.03. The van der Waals surface area contributed by atoms with Crippen molar-refractivity contribution in [2.45, 2.75) is 32.6 Å². The van der Waals surface area contributed by atoms with Gasteiger partial charge in [-0.3, -0.25) is 10.1 Å². The fourth-order valence-corrected chi connectivity index (χ4v) is 2.97. The highest BCUT2D eigenvalue weighted by molar-refractivity contribution is 5.53. The van der Waals surface area contributed by atoms with E-state index in [9.17, 15) is 10.1 Å². The Hall–Kier alpha value is -1.58. The SMILES string of the molecule is Cc1cc(NCC(C2CC2)C2CC2)cc([N+](=O)[O-])c1. The van der Waals surface area contributed by atoms with Gasteiger partial charge in [0.1, 0.15) is 0 Å². The highest BCUT2D eigenvalue weighted by Gasteiger charge is 2.40. The van der Waals surface area contributed by atoms with Gasteiger partial charge < -0.3 is 5.32 Å². The molecule has 0 aromatic heterocycles. The minimum absolute atomic E-state index is 0.178. The Morgan fingerprint density at radius 3 is 2.42 bits per heavy atom. The van der Waals surface area contributed by atoms with Crippen LogP contribution in [-0.4, -0.2) is 11.5 Å². The largest absolute Gasteiger partial charge is 0.385 e. The van der Waals surface area contributed by atoms with Gasteiger partial charge in [0.15, 0.2) is 0 Å². The van der Waals surface area contributed by atoms with Gasteiger partial charge in [-0.2, -0.15) is 0 Å². The summed E-state index contributed by atoms with van der Waals surface area (Å²) in [6, 6.07) is 5.25. The first-order valence-electron chi connectivity index (χ1n) is 7.13. The maximum absolute atomic E-state index is 10.9. The summed E-state index contributed by atoms with van der Waals surface area (Å²) in [5.41, 5.74) is 2.00. The molecule has 2 fully saturated rings. The number of hydrogen-bond donors (Lipinski definition) is 1. The Morgan fingerprint density at radius 2 is 1.89 bits per heavy atom. The minimum atomic E-state index is -0.322. The number of rotatable bonds is 6. The van der Waals surface area contributed by atoms with Crippen molar-refractivity contribution in [1.82, 2.24) is 0 Å². The Bertz CT molecular complexity index is 481. The fourth-order valence-electron chi connectivity index (χ4n) is 2.97. The molecule has 0 radical (unpaired) electrons. The van der Waals surface area contributed by atoms with Crippen LogP contribution in [0.5, 0.6) is 0 Å². The van der Waals surface area contributed by atoms with E-state index in [1.807, 2.05) is 13.0 Å². The standard InChI is InChI=1S/C15H20N2O2/c1-10-6-13(8-14(7-10)17(18)19)16-9-15(11-2-3-11)12-4-5-12/h6-8,11-12,15-16H,2-5,9H2,1H3. The van der Waals surface area contributed by atoms with E-state index in [-0.39, 0.29) is 10.6 Å². The number of nitro benzene ring substituents is 1. The van der Waals surface area contributed by atoms with Crippen molar-refractivity contribution in [3.05, 3.63) is 33.9 Å². The van der Waals surface area contributed by atoms with Gasteiger partial charge >= 0.3 is 0 Å². The van der Waals surface area contributed by atoms with Crippen LogP contribution in [0.15, 0.2) is 18.2 Å². The van der Waals surface area contributed by atoms with Gasteiger partial charge in [-0.1, -0.05) is 0 Å². The minimum Gasteiger partial charge on any atom is -0.385 e. The summed E-state index contributed by atoms with van der Waals surface area (Å²) in [6.45, 7) is 2.87. The molecule has 0 spiro atoms. The fraction of sp³-hybridized carbons (Fsp3) is 0.600. The molecular weight excluding hydrogens is 240 g/mol. The van der Waals surface area contributed by atoms with Crippen molar-refractivity contribution in [3.63, 3.8) is 0 Å². The number of nitro groups is 1. The molecule has 19 heavy (non-hydrogen) atoms. The molecular formula is C15H20N2O2. The van der Waals surface area contributed by atoms with Gasteiger partial charge in [-0.25, -0.2) is 0 Å². The number of hydrogen-bond acceptors (Lipinski definition) is 3. The van der Waals surface area contributed by atoms with E-state index in [4.69, 9.17) is 0 Å². The van der Waals surface area contributed by atoms with Crippen molar-refractivity contribution in [1.29, 1.82) is 0 Å². The van der Waals surface area contributed by atoms with E-state index in [2.05, 4.69) is 5.32 Å². The quantitative estimate of drug-likeness (QED) is 0.626. The molecule has 0 atom stereocenters. The Kier molecular flexibility index (Phi) is 3.17. The maximum atomic E-state index is 10.9. The molecule has 1 N–H and O–H groups in total. The van der Waals surface area contributed by atoms with Crippen molar-refractivity contribution in [3.8, 4) is 0 Å². The first-order chi connectivity index (χ1) is 9.13. The molecule has 0 saturated heterocycles. The predicted octanol–water partition coefficient (Wildman–Crippen LogP) is 3.75. The highest BCUT2D eigenvalue weighted by Crippen LogP contribution is 2.49. The van der Waals surface area contributed by atoms with Crippen LogP contribution in [0, 0.1) is 34.8 Å². The van der Waals surface area contributed by atoms with Gasteiger partial charge in [0, 0.05) is 24.4 Å². The summed E-state index contributed by atoms with van der Waals surface area (Å²) in [5.74, 6) is 2.58. The monoisotopic (exact) mass is 260 g/mol. The van der Waals surface area contributed by atoms with Gasteiger partial charge in [-0.15, -0.1) is 0 Å². The molecule has 2 aliphatic carbocycles. The number of aryl methyl sites for hydroxylation is 1. The first-order valence-corrected chi connectivity index (χ1v) is 7.13. The summed E-state index contributed by atoms with van der Waals surface area (Å²) >= 11 is 0. The third-order valence-electron chi connectivity index (χ3n) is 4.27. The molecule has 1 aromatic carbocycles. The van der Waals surface area contributed by atoms with Crippen LogP contribution in [0.4, 0.5) is 11.4 Å². The second-order valence-electron chi connectivity index (χ2n) is 6.03. The molecule has 4 heteroatoms. The van der Waals surface area contributed by atoms with E-state index in [0.717, 1.165) is 35.5 Å². The lowest BCUT2D eigenvalue weighted by Gasteiger charge is -2.17. The van der Waals surface area contributed by atoms with Crippen molar-refractivity contribution >= 4 is 11.4 Å².